The molecule has 4 nitrogen and oxygen atoms in total. The van der Waals surface area contributed by atoms with E-state index in [9.17, 15) is 9.18 Å². The third kappa shape index (κ3) is 1.83. The van der Waals surface area contributed by atoms with Crippen molar-refractivity contribution in [2.75, 3.05) is 0 Å². The highest BCUT2D eigenvalue weighted by atomic mass is 19.1. The molecule has 0 saturated heterocycles. The van der Waals surface area contributed by atoms with Crippen molar-refractivity contribution in [1.29, 1.82) is 0 Å². The molecule has 0 aliphatic carbocycles. The summed E-state index contributed by atoms with van der Waals surface area (Å²) in [5.74, 6) is -0.642. The molecule has 0 bridgehead atoms. The molecule has 0 spiro atoms. The molecule has 0 aliphatic heterocycles. The Morgan fingerprint density at radius 1 is 1.42 bits per heavy atom. The van der Waals surface area contributed by atoms with E-state index in [1.165, 1.54) is 6.07 Å². The van der Waals surface area contributed by atoms with E-state index in [0.29, 0.717) is 16.6 Å². The normalized spacial score (nSPS) is 11.1. The van der Waals surface area contributed by atoms with E-state index >= 15 is 0 Å². The lowest BCUT2D eigenvalue weighted by Crippen LogP contribution is -1.99. The summed E-state index contributed by atoms with van der Waals surface area (Å²) >= 11 is 0. The van der Waals surface area contributed by atoms with Gasteiger partial charge in [0.1, 0.15) is 0 Å². The lowest BCUT2D eigenvalue weighted by molar-refractivity contribution is 0.101. The molecule has 0 saturated carbocycles. The quantitative estimate of drug-likeness (QED) is 0.664. The Bertz CT molecular complexity index is 786. The number of rotatable bonds is 2. The van der Waals surface area contributed by atoms with Gasteiger partial charge >= 0.3 is 0 Å². The summed E-state index contributed by atoms with van der Waals surface area (Å²) in [6, 6.07) is 6.13. The molecule has 0 amide bonds. The van der Waals surface area contributed by atoms with Crippen LogP contribution >= 0.6 is 0 Å². The van der Waals surface area contributed by atoms with Crippen LogP contribution in [0.25, 0.3) is 11.0 Å². The maximum atomic E-state index is 13.5. The zero-order chi connectivity index (χ0) is 13.6. The summed E-state index contributed by atoms with van der Waals surface area (Å²) in [4.78, 5) is 12.3. The van der Waals surface area contributed by atoms with E-state index in [1.807, 2.05) is 0 Å². The third-order valence-corrected chi connectivity index (χ3v) is 2.98. The van der Waals surface area contributed by atoms with E-state index < -0.39 is 5.82 Å². The molecule has 0 N–H and O–H groups in total. The van der Waals surface area contributed by atoms with Crippen LogP contribution in [0, 0.1) is 12.7 Å². The number of carbonyl (C=O) groups is 1. The smallest absolute Gasteiger partial charge is 0.231 e. The Morgan fingerprint density at radius 2 is 2.21 bits per heavy atom. The fourth-order valence-corrected chi connectivity index (χ4v) is 2.09. The number of hydrogen-bond acceptors (Lipinski definition) is 3. The molecule has 2 heterocycles. The maximum absolute atomic E-state index is 13.5. The third-order valence-electron chi connectivity index (χ3n) is 2.98. The minimum Gasteiger partial charge on any atom is -0.449 e. The number of fused-ring (bicyclic) bond motifs is 1. The molecule has 0 unspecified atom stereocenters. The first-order chi connectivity index (χ1) is 9.06. The van der Waals surface area contributed by atoms with Crippen molar-refractivity contribution in [2.24, 2.45) is 7.05 Å². The molecule has 0 radical (unpaired) electrons. The largest absolute Gasteiger partial charge is 0.449 e. The number of furan rings is 1. The van der Waals surface area contributed by atoms with Crippen LogP contribution in [0.1, 0.15) is 21.8 Å². The number of aryl methyl sites for hydroxylation is 2. The lowest BCUT2D eigenvalue weighted by Gasteiger charge is -1.93. The van der Waals surface area contributed by atoms with Crippen LogP contribution in [0.3, 0.4) is 0 Å². The first kappa shape index (κ1) is 11.6. The molecule has 2 aromatic heterocycles. The number of carbonyl (C=O) groups excluding carboxylic acids is 1. The fraction of sp³-hybridized carbons (Fsp3) is 0.143. The highest BCUT2D eigenvalue weighted by Crippen LogP contribution is 2.24. The number of para-hydroxylation sites is 1. The van der Waals surface area contributed by atoms with Crippen LogP contribution in [-0.2, 0) is 7.05 Å². The van der Waals surface area contributed by atoms with Gasteiger partial charge in [-0.15, -0.1) is 0 Å². The van der Waals surface area contributed by atoms with Gasteiger partial charge < -0.3 is 4.42 Å². The van der Waals surface area contributed by atoms with Crippen LogP contribution in [-0.4, -0.2) is 15.6 Å². The average Bonchev–Trinajstić information content (AvgIpc) is 2.93. The summed E-state index contributed by atoms with van der Waals surface area (Å²) in [6.07, 6.45) is 1.63. The second-order valence-electron chi connectivity index (χ2n) is 4.40. The van der Waals surface area contributed by atoms with Gasteiger partial charge in [-0.3, -0.25) is 9.48 Å². The van der Waals surface area contributed by atoms with Crippen LogP contribution in [0.4, 0.5) is 4.39 Å². The van der Waals surface area contributed by atoms with E-state index in [2.05, 4.69) is 5.10 Å². The molecular weight excluding hydrogens is 247 g/mol. The zero-order valence-corrected chi connectivity index (χ0v) is 10.5. The van der Waals surface area contributed by atoms with Gasteiger partial charge in [-0.05, 0) is 19.1 Å². The van der Waals surface area contributed by atoms with Crippen molar-refractivity contribution in [3.63, 3.8) is 0 Å². The Balaban J connectivity index is 2.12. The SMILES string of the molecule is Cc1nn(C)cc1C(=O)c1cc2cccc(F)c2o1. The Kier molecular flexibility index (Phi) is 2.48. The van der Waals surface area contributed by atoms with E-state index in [0.717, 1.165) is 0 Å². The number of aromatic nitrogens is 2. The second-order valence-corrected chi connectivity index (χ2v) is 4.40. The molecule has 96 valence electrons. The topological polar surface area (TPSA) is 48.0 Å². The van der Waals surface area contributed by atoms with Crippen LogP contribution in [0.2, 0.25) is 0 Å². The van der Waals surface area contributed by atoms with Crippen molar-refractivity contribution in [2.45, 2.75) is 6.92 Å². The van der Waals surface area contributed by atoms with Gasteiger partial charge in [-0.1, -0.05) is 12.1 Å². The van der Waals surface area contributed by atoms with Crippen molar-refractivity contribution in [1.82, 2.24) is 9.78 Å². The molecule has 3 aromatic rings. The summed E-state index contributed by atoms with van der Waals surface area (Å²) in [5.41, 5.74) is 1.18. The standard InChI is InChI=1S/C14H11FN2O2/c1-8-10(7-17(2)16-8)13(18)12-6-9-4-3-5-11(15)14(9)19-12/h3-7H,1-2H3. The Labute approximate surface area is 108 Å². The Hall–Kier alpha value is -2.43. The monoisotopic (exact) mass is 258 g/mol. The number of halogens is 1. The summed E-state index contributed by atoms with van der Waals surface area (Å²) in [7, 11) is 1.74. The van der Waals surface area contributed by atoms with Crippen LogP contribution in [0.15, 0.2) is 34.9 Å². The summed E-state index contributed by atoms with van der Waals surface area (Å²) in [6.45, 7) is 1.75. The molecule has 0 fully saturated rings. The highest BCUT2D eigenvalue weighted by Gasteiger charge is 2.19. The van der Waals surface area contributed by atoms with Gasteiger partial charge in [0.2, 0.25) is 5.78 Å². The van der Waals surface area contributed by atoms with Crippen molar-refractivity contribution < 1.29 is 13.6 Å². The number of nitrogens with zero attached hydrogens (tertiary/aromatic N) is 2. The number of benzene rings is 1. The van der Waals surface area contributed by atoms with Gasteiger partial charge in [0, 0.05) is 18.6 Å². The first-order valence-electron chi connectivity index (χ1n) is 5.79. The predicted octanol–water partition coefficient (Wildman–Crippen LogP) is 2.84. The van der Waals surface area contributed by atoms with Gasteiger partial charge in [0.05, 0.1) is 11.3 Å². The molecular formula is C14H11FN2O2. The molecule has 5 heteroatoms. The van der Waals surface area contributed by atoms with Crippen LogP contribution < -0.4 is 0 Å². The molecule has 3 rings (SSSR count). The minimum atomic E-state index is -0.473. The molecule has 1 aromatic carbocycles. The van der Waals surface area contributed by atoms with E-state index in [-0.39, 0.29) is 17.1 Å². The van der Waals surface area contributed by atoms with Gasteiger partial charge in [-0.25, -0.2) is 4.39 Å². The number of hydrogen-bond donors (Lipinski definition) is 0. The highest BCUT2D eigenvalue weighted by molar-refractivity contribution is 6.09. The van der Waals surface area contributed by atoms with Gasteiger partial charge in [0.25, 0.3) is 0 Å². The number of ketones is 1. The van der Waals surface area contributed by atoms with E-state index in [1.54, 1.807) is 43.0 Å². The maximum Gasteiger partial charge on any atom is 0.231 e. The second kappa shape index (κ2) is 4.05. The van der Waals surface area contributed by atoms with E-state index in [4.69, 9.17) is 4.42 Å². The van der Waals surface area contributed by atoms with Gasteiger partial charge in [-0.2, -0.15) is 5.10 Å². The summed E-state index contributed by atoms with van der Waals surface area (Å²) in [5, 5.41) is 4.68. The molecule has 0 aliphatic rings. The van der Waals surface area contributed by atoms with Crippen LogP contribution in [0.5, 0.6) is 0 Å². The van der Waals surface area contributed by atoms with Gasteiger partial charge in [0.15, 0.2) is 17.2 Å². The average molecular weight is 258 g/mol. The fourth-order valence-electron chi connectivity index (χ4n) is 2.09. The predicted molar refractivity (Wildman–Crippen MR) is 67.5 cm³/mol. The van der Waals surface area contributed by atoms with Crippen molar-refractivity contribution >= 4 is 16.8 Å². The Morgan fingerprint density at radius 3 is 2.84 bits per heavy atom. The zero-order valence-electron chi connectivity index (χ0n) is 10.5. The van der Waals surface area contributed by atoms with Crippen molar-refractivity contribution in [3.8, 4) is 0 Å². The lowest BCUT2D eigenvalue weighted by atomic mass is 10.1. The molecule has 19 heavy (non-hydrogen) atoms. The minimum absolute atomic E-state index is 0.104. The van der Waals surface area contributed by atoms with Crippen molar-refractivity contribution in [3.05, 3.63) is 53.3 Å². The summed E-state index contributed by atoms with van der Waals surface area (Å²) < 4.78 is 20.4. The molecule has 0 atom stereocenters. The first-order valence-corrected chi connectivity index (χ1v) is 5.79.